The first kappa shape index (κ1) is 10.9. The van der Waals surface area contributed by atoms with Gasteiger partial charge in [0.25, 0.3) is 0 Å². The summed E-state index contributed by atoms with van der Waals surface area (Å²) in [6.07, 6.45) is 3.56. The Morgan fingerprint density at radius 1 is 0.778 bits per heavy atom. The molecule has 1 heterocycles. The molecule has 0 amide bonds. The minimum Gasteiger partial charge on any atom is -0.263 e. The molecule has 88 valence electrons. The summed E-state index contributed by atoms with van der Waals surface area (Å²) in [6.45, 7) is 0. The highest BCUT2D eigenvalue weighted by Crippen LogP contribution is 2.29. The average molecular weight is 234 g/mol. The molecule has 0 saturated carbocycles. The minimum atomic E-state index is 0.106. The van der Waals surface area contributed by atoms with Crippen LogP contribution in [0.15, 0.2) is 70.6 Å². The Hall–Kier alpha value is -2.22. The van der Waals surface area contributed by atoms with Gasteiger partial charge in [0.2, 0.25) is 0 Å². The Morgan fingerprint density at radius 2 is 1.33 bits per heavy atom. The summed E-state index contributed by atoms with van der Waals surface area (Å²) in [7, 11) is 0. The second-order valence-corrected chi connectivity index (χ2v) is 4.35. The van der Waals surface area contributed by atoms with Gasteiger partial charge in [0.05, 0.1) is 6.04 Å². The molecule has 2 nitrogen and oxygen atoms in total. The molecule has 1 atom stereocenters. The quantitative estimate of drug-likeness (QED) is 0.778. The van der Waals surface area contributed by atoms with Crippen molar-refractivity contribution >= 4 is 12.6 Å². The largest absolute Gasteiger partial charge is 0.263 e. The molecule has 1 aliphatic heterocycles. The van der Waals surface area contributed by atoms with Crippen molar-refractivity contribution in [2.24, 2.45) is 9.98 Å². The fraction of sp³-hybridized carbons (Fsp3) is 0.125. The predicted molar refractivity (Wildman–Crippen MR) is 75.5 cm³/mol. The molecule has 0 N–H and O–H groups in total. The van der Waals surface area contributed by atoms with Gasteiger partial charge < -0.3 is 0 Å². The lowest BCUT2D eigenvalue weighted by molar-refractivity contribution is 0.753. The summed E-state index contributed by atoms with van der Waals surface area (Å²) in [5, 5.41) is 0. The van der Waals surface area contributed by atoms with Gasteiger partial charge in [-0.15, -0.1) is 0 Å². The fourth-order valence-electron chi connectivity index (χ4n) is 2.36. The molecule has 2 aromatic rings. The zero-order chi connectivity index (χ0) is 12.2. The van der Waals surface area contributed by atoms with Crippen molar-refractivity contribution in [1.29, 1.82) is 0 Å². The van der Waals surface area contributed by atoms with Crippen LogP contribution >= 0.6 is 0 Å². The summed E-state index contributed by atoms with van der Waals surface area (Å²) < 4.78 is 0. The first-order chi connectivity index (χ1) is 8.95. The van der Waals surface area contributed by atoms with Crippen LogP contribution in [-0.2, 0) is 0 Å². The lowest BCUT2D eigenvalue weighted by atomic mass is 9.86. The second kappa shape index (κ2) is 4.96. The monoisotopic (exact) mass is 234 g/mol. The maximum Gasteiger partial charge on any atom is 0.110 e. The molecular weight excluding hydrogens is 220 g/mol. The maximum atomic E-state index is 4.44. The molecular formula is C16H14N2. The van der Waals surface area contributed by atoms with Crippen molar-refractivity contribution in [2.45, 2.75) is 12.0 Å². The molecule has 0 aliphatic carbocycles. The van der Waals surface area contributed by atoms with Crippen LogP contribution in [0.25, 0.3) is 0 Å². The molecule has 0 spiro atoms. The van der Waals surface area contributed by atoms with E-state index in [1.54, 1.807) is 6.34 Å². The minimum absolute atomic E-state index is 0.106. The van der Waals surface area contributed by atoms with Crippen molar-refractivity contribution in [3.05, 3.63) is 71.8 Å². The van der Waals surface area contributed by atoms with Crippen molar-refractivity contribution in [1.82, 2.24) is 0 Å². The van der Waals surface area contributed by atoms with E-state index in [0.29, 0.717) is 0 Å². The van der Waals surface area contributed by atoms with Crippen LogP contribution in [-0.4, -0.2) is 18.6 Å². The van der Waals surface area contributed by atoms with E-state index in [2.05, 4.69) is 58.5 Å². The third kappa shape index (κ3) is 2.09. The Bertz CT molecular complexity index is 507. The van der Waals surface area contributed by atoms with Crippen LogP contribution in [0, 0.1) is 0 Å². The summed E-state index contributed by atoms with van der Waals surface area (Å²) in [5.41, 5.74) is 2.55. The maximum absolute atomic E-state index is 4.44. The summed E-state index contributed by atoms with van der Waals surface area (Å²) >= 11 is 0. The predicted octanol–water partition coefficient (Wildman–Crippen LogP) is 3.30. The van der Waals surface area contributed by atoms with Gasteiger partial charge in [-0.2, -0.15) is 0 Å². The summed E-state index contributed by atoms with van der Waals surface area (Å²) in [6, 6.07) is 21.1. The number of benzene rings is 2. The normalized spacial score (nSPS) is 17.5. The van der Waals surface area contributed by atoms with E-state index in [-0.39, 0.29) is 12.0 Å². The Balaban J connectivity index is 2.04. The average Bonchev–Trinajstić information content (AvgIpc) is 2.95. The molecule has 0 aromatic heterocycles. The van der Waals surface area contributed by atoms with E-state index >= 15 is 0 Å². The van der Waals surface area contributed by atoms with Gasteiger partial charge in [-0.1, -0.05) is 60.7 Å². The van der Waals surface area contributed by atoms with Crippen LogP contribution in [0.3, 0.4) is 0 Å². The molecule has 1 aliphatic rings. The standard InChI is InChI=1S/C16H14N2/c1-3-7-13(8-4-1)16(15-11-17-12-18-15)14-9-5-2-6-10-14/h1-12,15-16H. The molecule has 0 bridgehead atoms. The zero-order valence-electron chi connectivity index (χ0n) is 9.98. The van der Waals surface area contributed by atoms with Crippen LogP contribution in [0.4, 0.5) is 0 Å². The van der Waals surface area contributed by atoms with E-state index < -0.39 is 0 Å². The number of nitrogens with zero attached hydrogens (tertiary/aromatic N) is 2. The highest BCUT2D eigenvalue weighted by Gasteiger charge is 2.23. The highest BCUT2D eigenvalue weighted by atomic mass is 15.0. The van der Waals surface area contributed by atoms with E-state index in [0.717, 1.165) is 0 Å². The fourth-order valence-corrected chi connectivity index (χ4v) is 2.36. The van der Waals surface area contributed by atoms with Gasteiger partial charge in [0.1, 0.15) is 6.34 Å². The summed E-state index contributed by atoms with van der Waals surface area (Å²) in [4.78, 5) is 8.56. The summed E-state index contributed by atoms with van der Waals surface area (Å²) in [5.74, 6) is 0.245. The van der Waals surface area contributed by atoms with Crippen LogP contribution < -0.4 is 0 Å². The lowest BCUT2D eigenvalue weighted by Crippen LogP contribution is -2.17. The molecule has 0 radical (unpaired) electrons. The highest BCUT2D eigenvalue weighted by molar-refractivity contribution is 5.83. The van der Waals surface area contributed by atoms with Crippen molar-refractivity contribution in [2.75, 3.05) is 0 Å². The first-order valence-electron chi connectivity index (χ1n) is 6.10. The third-order valence-electron chi connectivity index (χ3n) is 3.20. The van der Waals surface area contributed by atoms with E-state index in [9.17, 15) is 0 Å². The Morgan fingerprint density at radius 3 is 1.78 bits per heavy atom. The number of rotatable bonds is 3. The topological polar surface area (TPSA) is 24.7 Å². The van der Waals surface area contributed by atoms with E-state index in [1.807, 2.05) is 18.3 Å². The smallest absolute Gasteiger partial charge is 0.110 e. The van der Waals surface area contributed by atoms with E-state index in [1.165, 1.54) is 11.1 Å². The van der Waals surface area contributed by atoms with Gasteiger partial charge in [0, 0.05) is 12.1 Å². The lowest BCUT2D eigenvalue weighted by Gasteiger charge is -2.20. The first-order valence-corrected chi connectivity index (χ1v) is 6.10. The molecule has 0 fully saturated rings. The SMILES string of the molecule is C1=NC=NC1C(c1ccccc1)c1ccccc1. The Labute approximate surface area is 107 Å². The molecule has 3 rings (SSSR count). The van der Waals surface area contributed by atoms with Crippen LogP contribution in [0.5, 0.6) is 0 Å². The number of aliphatic imine (C=N–C) groups is 2. The van der Waals surface area contributed by atoms with E-state index in [4.69, 9.17) is 0 Å². The van der Waals surface area contributed by atoms with Crippen molar-refractivity contribution in [3.63, 3.8) is 0 Å². The van der Waals surface area contributed by atoms with Gasteiger partial charge in [0.15, 0.2) is 0 Å². The zero-order valence-corrected chi connectivity index (χ0v) is 9.98. The number of hydrogen-bond donors (Lipinski definition) is 0. The van der Waals surface area contributed by atoms with Crippen LogP contribution in [0.1, 0.15) is 17.0 Å². The molecule has 1 unspecified atom stereocenters. The van der Waals surface area contributed by atoms with Gasteiger partial charge in [-0.05, 0) is 11.1 Å². The molecule has 2 heteroatoms. The molecule has 0 saturated heterocycles. The Kier molecular flexibility index (Phi) is 3.01. The third-order valence-corrected chi connectivity index (χ3v) is 3.20. The van der Waals surface area contributed by atoms with Gasteiger partial charge in [-0.25, -0.2) is 4.99 Å². The van der Waals surface area contributed by atoms with Crippen molar-refractivity contribution < 1.29 is 0 Å². The van der Waals surface area contributed by atoms with Gasteiger partial charge in [-0.3, -0.25) is 4.99 Å². The number of hydrogen-bond acceptors (Lipinski definition) is 2. The van der Waals surface area contributed by atoms with Gasteiger partial charge >= 0.3 is 0 Å². The van der Waals surface area contributed by atoms with Crippen LogP contribution in [0.2, 0.25) is 0 Å². The second-order valence-electron chi connectivity index (χ2n) is 4.35. The molecule has 18 heavy (non-hydrogen) atoms. The molecule has 2 aromatic carbocycles. The van der Waals surface area contributed by atoms with Crippen molar-refractivity contribution in [3.8, 4) is 0 Å².